The molecule has 0 saturated heterocycles. The zero-order chi connectivity index (χ0) is 17.0. The van der Waals surface area contributed by atoms with Crippen molar-refractivity contribution in [3.8, 4) is 22.1 Å². The number of thiazole rings is 1. The Bertz CT molecular complexity index is 695. The lowest BCUT2D eigenvalue weighted by Crippen LogP contribution is -2.27. The van der Waals surface area contributed by atoms with Gasteiger partial charge in [-0.25, -0.2) is 4.98 Å². The number of hydrogen-bond donors (Lipinski definition) is 1. The molecule has 23 heavy (non-hydrogen) atoms. The van der Waals surface area contributed by atoms with Crippen LogP contribution in [0.25, 0.3) is 10.6 Å². The quantitative estimate of drug-likeness (QED) is 0.878. The number of aromatic nitrogens is 1. The molecule has 0 aliphatic carbocycles. The topological polar surface area (TPSA) is 60.5 Å². The summed E-state index contributed by atoms with van der Waals surface area (Å²) in [6.45, 7) is 6.64. The van der Waals surface area contributed by atoms with Gasteiger partial charge in [0.15, 0.2) is 11.5 Å². The number of ether oxygens (including phenoxy) is 2. The number of nitrogens with one attached hydrogen (secondary N) is 1. The number of hydrogen-bond acceptors (Lipinski definition) is 5. The molecular formula is C17H22N2O3S. The number of carbonyl (C=O) groups is 1. The summed E-state index contributed by atoms with van der Waals surface area (Å²) in [5, 5.41) is 3.72. The van der Waals surface area contributed by atoms with Gasteiger partial charge in [-0.15, -0.1) is 11.3 Å². The minimum atomic E-state index is -0.0690. The molecule has 1 aromatic carbocycles. The van der Waals surface area contributed by atoms with Gasteiger partial charge in [-0.1, -0.05) is 13.8 Å². The van der Waals surface area contributed by atoms with Gasteiger partial charge in [0.1, 0.15) is 9.88 Å². The molecule has 1 heterocycles. The first-order chi connectivity index (χ1) is 11.0. The lowest BCUT2D eigenvalue weighted by molar-refractivity contribution is 0.0952. The number of nitrogens with zero attached hydrogens (tertiary/aromatic N) is 1. The van der Waals surface area contributed by atoms with Crippen molar-refractivity contribution in [1.82, 2.24) is 10.3 Å². The molecule has 0 spiro atoms. The molecule has 0 aliphatic rings. The molecule has 0 saturated carbocycles. The predicted octanol–water partition coefficient (Wildman–Crippen LogP) is 3.52. The molecule has 124 valence electrons. The van der Waals surface area contributed by atoms with Crippen molar-refractivity contribution < 1.29 is 14.3 Å². The number of carbonyl (C=O) groups excluding carboxylic acids is 1. The monoisotopic (exact) mass is 334 g/mol. The van der Waals surface area contributed by atoms with Gasteiger partial charge in [-0.05, 0) is 31.0 Å². The van der Waals surface area contributed by atoms with Crippen molar-refractivity contribution in [3.63, 3.8) is 0 Å². The summed E-state index contributed by atoms with van der Waals surface area (Å²) in [7, 11) is 3.20. The zero-order valence-electron chi connectivity index (χ0n) is 14.1. The first kappa shape index (κ1) is 17.3. The Hall–Kier alpha value is -2.08. The highest BCUT2D eigenvalue weighted by molar-refractivity contribution is 7.17. The molecule has 1 amide bonds. The summed E-state index contributed by atoms with van der Waals surface area (Å²) in [6, 6.07) is 5.62. The fourth-order valence-electron chi connectivity index (χ4n) is 2.08. The van der Waals surface area contributed by atoms with E-state index < -0.39 is 0 Å². The maximum Gasteiger partial charge on any atom is 0.263 e. The zero-order valence-corrected chi connectivity index (χ0v) is 14.9. The lowest BCUT2D eigenvalue weighted by atomic mass is 10.2. The van der Waals surface area contributed by atoms with Crippen LogP contribution in [-0.2, 0) is 0 Å². The standard InChI is InChI=1S/C17H22N2O3S/c1-10(2)9-18-16(20)15-11(3)19-17(23-15)12-6-7-13(21-4)14(8-12)22-5/h6-8,10H,9H2,1-5H3,(H,18,20). The molecule has 2 rings (SSSR count). The molecule has 0 radical (unpaired) electrons. The highest BCUT2D eigenvalue weighted by Crippen LogP contribution is 2.34. The van der Waals surface area contributed by atoms with Crippen molar-refractivity contribution in [1.29, 1.82) is 0 Å². The van der Waals surface area contributed by atoms with Gasteiger partial charge in [0.05, 0.1) is 19.9 Å². The predicted molar refractivity (Wildman–Crippen MR) is 92.6 cm³/mol. The molecule has 1 aromatic heterocycles. The van der Waals surface area contributed by atoms with E-state index in [2.05, 4.69) is 24.1 Å². The second-order valence-corrected chi connectivity index (χ2v) is 6.61. The molecule has 0 atom stereocenters. The van der Waals surface area contributed by atoms with E-state index in [1.807, 2.05) is 25.1 Å². The first-order valence-corrected chi connectivity index (χ1v) is 8.26. The van der Waals surface area contributed by atoms with E-state index >= 15 is 0 Å². The number of rotatable bonds is 6. The third-order valence-electron chi connectivity index (χ3n) is 3.30. The molecule has 0 aliphatic heterocycles. The van der Waals surface area contributed by atoms with Crippen LogP contribution in [0.4, 0.5) is 0 Å². The van der Waals surface area contributed by atoms with Crippen molar-refractivity contribution in [2.45, 2.75) is 20.8 Å². The summed E-state index contributed by atoms with van der Waals surface area (Å²) in [6.07, 6.45) is 0. The second-order valence-electron chi connectivity index (χ2n) is 5.61. The minimum Gasteiger partial charge on any atom is -0.493 e. The van der Waals surface area contributed by atoms with Crippen molar-refractivity contribution in [3.05, 3.63) is 28.8 Å². The van der Waals surface area contributed by atoms with Gasteiger partial charge in [-0.3, -0.25) is 4.79 Å². The third-order valence-corrected chi connectivity index (χ3v) is 4.51. The third kappa shape index (κ3) is 4.01. The van der Waals surface area contributed by atoms with Crippen molar-refractivity contribution in [2.75, 3.05) is 20.8 Å². The fourth-order valence-corrected chi connectivity index (χ4v) is 3.06. The summed E-state index contributed by atoms with van der Waals surface area (Å²) >= 11 is 1.39. The molecule has 0 unspecified atom stereocenters. The normalized spacial score (nSPS) is 10.7. The fraction of sp³-hybridized carbons (Fsp3) is 0.412. The largest absolute Gasteiger partial charge is 0.493 e. The van der Waals surface area contributed by atoms with E-state index in [0.717, 1.165) is 16.3 Å². The molecule has 0 bridgehead atoms. The Morgan fingerprint density at radius 1 is 1.26 bits per heavy atom. The Morgan fingerprint density at radius 2 is 1.96 bits per heavy atom. The molecule has 6 heteroatoms. The first-order valence-electron chi connectivity index (χ1n) is 7.44. The smallest absolute Gasteiger partial charge is 0.263 e. The van der Waals surface area contributed by atoms with Crippen LogP contribution in [0.2, 0.25) is 0 Å². The van der Waals surface area contributed by atoms with Crippen LogP contribution >= 0.6 is 11.3 Å². The van der Waals surface area contributed by atoms with Gasteiger partial charge in [0.25, 0.3) is 5.91 Å². The van der Waals surface area contributed by atoms with Gasteiger partial charge < -0.3 is 14.8 Å². The number of amides is 1. The maximum absolute atomic E-state index is 12.3. The highest BCUT2D eigenvalue weighted by Gasteiger charge is 2.17. The number of methoxy groups -OCH3 is 2. The molecule has 1 N–H and O–H groups in total. The second kappa shape index (κ2) is 7.46. The minimum absolute atomic E-state index is 0.0690. The average Bonchev–Trinajstić information content (AvgIpc) is 2.93. The summed E-state index contributed by atoms with van der Waals surface area (Å²) in [4.78, 5) is 17.4. The van der Waals surface area contributed by atoms with E-state index in [4.69, 9.17) is 9.47 Å². The Balaban J connectivity index is 2.28. The lowest BCUT2D eigenvalue weighted by Gasteiger charge is -2.08. The van der Waals surface area contributed by atoms with E-state index in [-0.39, 0.29) is 5.91 Å². The van der Waals surface area contributed by atoms with Crippen LogP contribution in [0.3, 0.4) is 0 Å². The van der Waals surface area contributed by atoms with E-state index in [0.29, 0.717) is 28.8 Å². The van der Waals surface area contributed by atoms with E-state index in [1.165, 1.54) is 11.3 Å². The van der Waals surface area contributed by atoms with E-state index in [1.54, 1.807) is 14.2 Å². The number of aryl methyl sites for hydroxylation is 1. The summed E-state index contributed by atoms with van der Waals surface area (Å²) < 4.78 is 10.6. The van der Waals surface area contributed by atoms with Crippen molar-refractivity contribution in [2.24, 2.45) is 5.92 Å². The van der Waals surface area contributed by atoms with Crippen LogP contribution in [-0.4, -0.2) is 31.7 Å². The van der Waals surface area contributed by atoms with Gasteiger partial charge in [0.2, 0.25) is 0 Å². The summed E-state index contributed by atoms with van der Waals surface area (Å²) in [5.74, 6) is 1.65. The van der Waals surface area contributed by atoms with Crippen LogP contribution in [0.15, 0.2) is 18.2 Å². The van der Waals surface area contributed by atoms with Gasteiger partial charge in [0, 0.05) is 12.1 Å². The Kier molecular flexibility index (Phi) is 5.60. The van der Waals surface area contributed by atoms with Gasteiger partial charge >= 0.3 is 0 Å². The van der Waals surface area contributed by atoms with Gasteiger partial charge in [-0.2, -0.15) is 0 Å². The Labute approximate surface area is 140 Å². The molecular weight excluding hydrogens is 312 g/mol. The summed E-state index contributed by atoms with van der Waals surface area (Å²) in [5.41, 5.74) is 1.64. The van der Waals surface area contributed by atoms with Crippen molar-refractivity contribution >= 4 is 17.2 Å². The molecule has 5 nitrogen and oxygen atoms in total. The van der Waals surface area contributed by atoms with E-state index in [9.17, 15) is 4.79 Å². The van der Waals surface area contributed by atoms with Crippen LogP contribution in [0.5, 0.6) is 11.5 Å². The SMILES string of the molecule is COc1ccc(-c2nc(C)c(C(=O)NCC(C)C)s2)cc1OC. The molecule has 2 aromatic rings. The number of benzene rings is 1. The highest BCUT2D eigenvalue weighted by atomic mass is 32.1. The van der Waals surface area contributed by atoms with Crippen LogP contribution in [0, 0.1) is 12.8 Å². The van der Waals surface area contributed by atoms with Crippen LogP contribution < -0.4 is 14.8 Å². The van der Waals surface area contributed by atoms with Crippen LogP contribution in [0.1, 0.15) is 29.2 Å². The Morgan fingerprint density at radius 3 is 2.57 bits per heavy atom. The maximum atomic E-state index is 12.3. The molecule has 0 fully saturated rings. The average molecular weight is 334 g/mol.